The minimum Gasteiger partial charge on any atom is -0.478 e. The van der Waals surface area contributed by atoms with Gasteiger partial charge in [-0.05, 0) is 29.8 Å². The number of carboxylic acid groups (broad SMARTS) is 1. The lowest BCUT2D eigenvalue weighted by molar-refractivity contribution is -0.171. The van der Waals surface area contributed by atoms with Gasteiger partial charge in [-0.25, -0.2) is 9.59 Å². The number of aliphatic hydroxyl groups excluding tert-OH is 1. The van der Waals surface area contributed by atoms with Crippen molar-refractivity contribution in [3.63, 3.8) is 0 Å². The summed E-state index contributed by atoms with van der Waals surface area (Å²) >= 11 is 0. The normalized spacial score (nSPS) is 14.2. The number of ether oxygens (including phenoxy) is 1. The number of alkyl halides is 6. The first kappa shape index (κ1) is 22.2. The lowest BCUT2D eigenvalue weighted by Crippen LogP contribution is -2.24. The SMILES string of the molecule is O=C(O)C(OC(=O)[C@H](O)c1cccc(C(F)(F)F)c1)c1ccc(C(F)(F)F)cc1. The number of carboxylic acids is 1. The maximum atomic E-state index is 12.7. The van der Waals surface area contributed by atoms with E-state index in [1.54, 1.807) is 0 Å². The van der Waals surface area contributed by atoms with E-state index in [4.69, 9.17) is 0 Å². The molecule has 156 valence electrons. The van der Waals surface area contributed by atoms with E-state index in [-0.39, 0.29) is 5.56 Å². The number of hydrogen-bond acceptors (Lipinski definition) is 4. The molecule has 29 heavy (non-hydrogen) atoms. The smallest absolute Gasteiger partial charge is 0.416 e. The van der Waals surface area contributed by atoms with Crippen LogP contribution >= 0.6 is 0 Å². The summed E-state index contributed by atoms with van der Waals surface area (Å²) in [6, 6.07) is 5.79. The van der Waals surface area contributed by atoms with E-state index in [1.165, 1.54) is 0 Å². The van der Waals surface area contributed by atoms with Crippen LogP contribution in [0.5, 0.6) is 0 Å². The highest BCUT2D eigenvalue weighted by Crippen LogP contribution is 2.32. The number of carbonyl (C=O) groups excluding carboxylic acids is 1. The van der Waals surface area contributed by atoms with E-state index in [1.807, 2.05) is 0 Å². The Bertz CT molecular complexity index is 889. The average Bonchev–Trinajstić information content (AvgIpc) is 2.64. The molecule has 0 spiro atoms. The second-order valence-electron chi connectivity index (χ2n) is 5.80. The van der Waals surface area contributed by atoms with Crippen molar-refractivity contribution in [3.05, 3.63) is 70.8 Å². The van der Waals surface area contributed by atoms with E-state index >= 15 is 0 Å². The van der Waals surface area contributed by atoms with E-state index in [0.29, 0.717) is 24.3 Å². The standard InChI is InChI=1S/C18H12F6O5/c19-17(20,21)11-6-4-9(5-7-11)14(15(26)27)29-16(28)13(25)10-2-1-3-12(8-10)18(22,23)24/h1-8,13-14,25H,(H,26,27)/t13-,14?/m1/s1. The lowest BCUT2D eigenvalue weighted by atomic mass is 10.0. The van der Waals surface area contributed by atoms with Crippen LogP contribution in [0.2, 0.25) is 0 Å². The van der Waals surface area contributed by atoms with E-state index < -0.39 is 53.2 Å². The first-order valence-electron chi connectivity index (χ1n) is 7.76. The molecule has 0 fully saturated rings. The molecule has 2 rings (SSSR count). The Balaban J connectivity index is 2.23. The third-order valence-electron chi connectivity index (χ3n) is 3.75. The first-order chi connectivity index (χ1) is 13.3. The minimum absolute atomic E-state index is 0.338. The second kappa shape index (κ2) is 8.11. The molecule has 2 N–H and O–H groups in total. The molecule has 2 atom stereocenters. The molecule has 0 bridgehead atoms. The molecule has 2 aromatic rings. The molecule has 5 nitrogen and oxygen atoms in total. The van der Waals surface area contributed by atoms with Crippen molar-refractivity contribution in [2.24, 2.45) is 0 Å². The van der Waals surface area contributed by atoms with Crippen molar-refractivity contribution in [3.8, 4) is 0 Å². The zero-order valence-corrected chi connectivity index (χ0v) is 14.2. The fraction of sp³-hybridized carbons (Fsp3) is 0.222. The highest BCUT2D eigenvalue weighted by Gasteiger charge is 2.34. The van der Waals surface area contributed by atoms with Crippen molar-refractivity contribution >= 4 is 11.9 Å². The topological polar surface area (TPSA) is 83.8 Å². The molecule has 0 aromatic heterocycles. The maximum absolute atomic E-state index is 12.7. The highest BCUT2D eigenvalue weighted by molar-refractivity contribution is 5.82. The second-order valence-corrected chi connectivity index (χ2v) is 5.80. The summed E-state index contributed by atoms with van der Waals surface area (Å²) in [5.74, 6) is -3.34. The predicted octanol–water partition coefficient (Wildman–Crippen LogP) is 4.13. The van der Waals surface area contributed by atoms with Gasteiger partial charge in [0, 0.05) is 5.56 Å². The van der Waals surface area contributed by atoms with E-state index in [0.717, 1.165) is 24.3 Å². The molecule has 0 heterocycles. The Hall–Kier alpha value is -3.08. The number of benzene rings is 2. The summed E-state index contributed by atoms with van der Waals surface area (Å²) in [4.78, 5) is 23.4. The Morgan fingerprint density at radius 3 is 1.86 bits per heavy atom. The van der Waals surface area contributed by atoms with Gasteiger partial charge in [-0.15, -0.1) is 0 Å². The van der Waals surface area contributed by atoms with Crippen molar-refractivity contribution in [1.82, 2.24) is 0 Å². The van der Waals surface area contributed by atoms with Gasteiger partial charge >= 0.3 is 24.3 Å². The van der Waals surface area contributed by atoms with Gasteiger partial charge in [0.25, 0.3) is 0 Å². The van der Waals surface area contributed by atoms with Crippen LogP contribution in [-0.2, 0) is 26.7 Å². The Morgan fingerprint density at radius 1 is 0.828 bits per heavy atom. The van der Waals surface area contributed by atoms with E-state index in [2.05, 4.69) is 4.74 Å². The van der Waals surface area contributed by atoms with Gasteiger partial charge in [0.15, 0.2) is 6.10 Å². The van der Waals surface area contributed by atoms with Crippen LogP contribution in [-0.4, -0.2) is 22.2 Å². The van der Waals surface area contributed by atoms with Crippen molar-refractivity contribution in [1.29, 1.82) is 0 Å². The molecule has 0 radical (unpaired) electrons. The van der Waals surface area contributed by atoms with Crippen molar-refractivity contribution in [2.45, 2.75) is 24.6 Å². The van der Waals surface area contributed by atoms with Gasteiger partial charge in [-0.2, -0.15) is 26.3 Å². The fourth-order valence-electron chi connectivity index (χ4n) is 2.31. The number of carbonyl (C=O) groups is 2. The van der Waals surface area contributed by atoms with Crippen LogP contribution in [0.4, 0.5) is 26.3 Å². The largest absolute Gasteiger partial charge is 0.478 e. The number of hydrogen-bond donors (Lipinski definition) is 2. The molecule has 0 saturated heterocycles. The van der Waals surface area contributed by atoms with Crippen molar-refractivity contribution in [2.75, 3.05) is 0 Å². The third kappa shape index (κ3) is 5.47. The quantitative estimate of drug-likeness (QED) is 0.559. The molecule has 0 aliphatic carbocycles. The van der Waals surface area contributed by atoms with Gasteiger partial charge < -0.3 is 14.9 Å². The third-order valence-corrected chi connectivity index (χ3v) is 3.75. The van der Waals surface area contributed by atoms with Gasteiger partial charge in [-0.3, -0.25) is 0 Å². The van der Waals surface area contributed by atoms with Gasteiger partial charge in [0.2, 0.25) is 6.10 Å². The van der Waals surface area contributed by atoms with Crippen LogP contribution in [0.25, 0.3) is 0 Å². The number of rotatable bonds is 5. The Morgan fingerprint density at radius 2 is 1.38 bits per heavy atom. The summed E-state index contributed by atoms with van der Waals surface area (Å²) in [5.41, 5.74) is -3.06. The molecule has 1 unspecified atom stereocenters. The molecule has 0 amide bonds. The number of aliphatic hydroxyl groups is 1. The van der Waals surface area contributed by atoms with Gasteiger partial charge in [0.05, 0.1) is 11.1 Å². The zero-order chi connectivity index (χ0) is 22.0. The summed E-state index contributed by atoms with van der Waals surface area (Å²) in [7, 11) is 0. The molecular weight excluding hydrogens is 410 g/mol. The number of halogens is 6. The predicted molar refractivity (Wildman–Crippen MR) is 84.3 cm³/mol. The molecule has 2 aromatic carbocycles. The van der Waals surface area contributed by atoms with Gasteiger partial charge in [-0.1, -0.05) is 24.3 Å². The molecule has 0 aliphatic heterocycles. The van der Waals surface area contributed by atoms with Crippen LogP contribution in [0.1, 0.15) is 34.5 Å². The van der Waals surface area contributed by atoms with Gasteiger partial charge in [0.1, 0.15) is 0 Å². The molecule has 11 heteroatoms. The minimum atomic E-state index is -4.75. The molecule has 0 aliphatic rings. The van der Waals surface area contributed by atoms with Crippen LogP contribution in [0.15, 0.2) is 48.5 Å². The van der Waals surface area contributed by atoms with Crippen LogP contribution in [0, 0.1) is 0 Å². The van der Waals surface area contributed by atoms with Crippen LogP contribution < -0.4 is 0 Å². The number of aliphatic carboxylic acids is 1. The highest BCUT2D eigenvalue weighted by atomic mass is 19.4. The number of esters is 1. The Labute approximate surface area is 159 Å². The molecule has 0 saturated carbocycles. The summed E-state index contributed by atoms with van der Waals surface area (Å²) in [6.07, 6.45) is -13.7. The Kier molecular flexibility index (Phi) is 6.21. The average molecular weight is 422 g/mol. The summed E-state index contributed by atoms with van der Waals surface area (Å²) in [6.45, 7) is 0. The zero-order valence-electron chi connectivity index (χ0n) is 14.2. The molecular formula is C18H12F6O5. The summed E-state index contributed by atoms with van der Waals surface area (Å²) in [5, 5.41) is 19.1. The van der Waals surface area contributed by atoms with E-state index in [9.17, 15) is 46.1 Å². The maximum Gasteiger partial charge on any atom is 0.416 e. The van der Waals surface area contributed by atoms with Crippen LogP contribution in [0.3, 0.4) is 0 Å². The monoisotopic (exact) mass is 422 g/mol. The fourth-order valence-corrected chi connectivity index (χ4v) is 2.31. The lowest BCUT2D eigenvalue weighted by Gasteiger charge is -2.18. The summed E-state index contributed by atoms with van der Waals surface area (Å²) < 4.78 is 80.6. The first-order valence-corrected chi connectivity index (χ1v) is 7.76. The van der Waals surface area contributed by atoms with Crippen molar-refractivity contribution < 1.29 is 50.9 Å².